The molecule has 56 heavy (non-hydrogen) atoms. The van der Waals surface area contributed by atoms with Gasteiger partial charge < -0.3 is 29.4 Å². The molecule has 0 radical (unpaired) electrons. The van der Waals surface area contributed by atoms with Crippen molar-refractivity contribution in [3.63, 3.8) is 0 Å². The number of nitrogens with one attached hydrogen (secondary N) is 1. The smallest absolute Gasteiger partial charge is 0.327 e. The van der Waals surface area contributed by atoms with Gasteiger partial charge in [0.15, 0.2) is 6.04 Å². The van der Waals surface area contributed by atoms with Crippen molar-refractivity contribution in [3.8, 4) is 0 Å². The van der Waals surface area contributed by atoms with Crippen LogP contribution < -0.4 is 5.32 Å². The van der Waals surface area contributed by atoms with Crippen LogP contribution in [0.4, 0.5) is 0 Å². The van der Waals surface area contributed by atoms with Gasteiger partial charge in [0.25, 0.3) is 0 Å². The summed E-state index contributed by atoms with van der Waals surface area (Å²) in [4.78, 5) is 35.3. The highest BCUT2D eigenvalue weighted by atomic mass is 16.8. The Balaban J connectivity index is 0.953. The Kier molecular flexibility index (Phi) is 8.67. The molecule has 4 aliphatic heterocycles. The number of carbonyl (C=O) groups excluding carboxylic acids is 2. The maximum absolute atomic E-state index is 14.4. The van der Waals surface area contributed by atoms with E-state index in [2.05, 4.69) is 56.4 Å². The molecule has 3 saturated carbocycles. The van der Waals surface area contributed by atoms with E-state index in [9.17, 15) is 14.7 Å². The van der Waals surface area contributed by atoms with Gasteiger partial charge in [0.05, 0.1) is 24.9 Å². The minimum atomic E-state index is -1.33. The van der Waals surface area contributed by atoms with Crippen LogP contribution in [0.2, 0.25) is 0 Å². The number of nitrogens with zero attached hydrogens (tertiary/aromatic N) is 1. The van der Waals surface area contributed by atoms with Crippen molar-refractivity contribution < 1.29 is 38.5 Å². The largest absolute Gasteiger partial charge is 0.458 e. The molecule has 3 aromatic rings. The quantitative estimate of drug-likeness (QED) is 0.209. The molecule has 4 heterocycles. The summed E-state index contributed by atoms with van der Waals surface area (Å²) >= 11 is 0. The van der Waals surface area contributed by atoms with Crippen LogP contribution in [0.1, 0.15) is 81.5 Å². The van der Waals surface area contributed by atoms with E-state index >= 15 is 0 Å². The Labute approximate surface area is 328 Å². The highest BCUT2D eigenvalue weighted by molar-refractivity contribution is 5.93. The van der Waals surface area contributed by atoms with Gasteiger partial charge in [-0.1, -0.05) is 110 Å². The zero-order chi connectivity index (χ0) is 38.5. The third-order valence-corrected chi connectivity index (χ3v) is 14.3. The molecule has 1 unspecified atom stereocenters. The molecule has 10 nitrogen and oxygen atoms in total. The Bertz CT molecular complexity index is 1980. The van der Waals surface area contributed by atoms with Crippen molar-refractivity contribution in [3.05, 3.63) is 113 Å². The number of allylic oxidation sites excluding steroid dienone is 1. The second-order valence-electron chi connectivity index (χ2n) is 18.1. The molecule has 1 amide bonds. The van der Waals surface area contributed by atoms with Gasteiger partial charge in [-0.25, -0.2) is 0 Å². The van der Waals surface area contributed by atoms with Crippen molar-refractivity contribution >= 4 is 18.0 Å². The van der Waals surface area contributed by atoms with Gasteiger partial charge in [-0.2, -0.15) is 5.06 Å². The molecule has 3 aliphatic carbocycles. The normalized spacial score (nSPS) is 38.1. The maximum Gasteiger partial charge on any atom is 0.327 e. The molecular formula is C46H52N2O8. The number of amides is 1. The van der Waals surface area contributed by atoms with Crippen LogP contribution in [0.3, 0.4) is 0 Å². The molecule has 294 valence electrons. The Morgan fingerprint density at radius 2 is 1.59 bits per heavy atom. The first-order chi connectivity index (χ1) is 27.0. The number of aliphatic hydroxyl groups excluding tert-OH is 1. The third-order valence-electron chi connectivity index (χ3n) is 14.3. The Morgan fingerprint density at radius 1 is 0.893 bits per heavy atom. The third kappa shape index (κ3) is 5.66. The van der Waals surface area contributed by atoms with Crippen LogP contribution in [-0.4, -0.2) is 77.4 Å². The van der Waals surface area contributed by atoms with Gasteiger partial charge >= 0.3 is 5.97 Å². The van der Waals surface area contributed by atoms with E-state index in [-0.39, 0.29) is 37.6 Å². The van der Waals surface area contributed by atoms with Crippen molar-refractivity contribution in [2.45, 2.75) is 114 Å². The Hall–Kier alpha value is -3.90. The van der Waals surface area contributed by atoms with E-state index in [1.807, 2.05) is 60.7 Å². The second-order valence-corrected chi connectivity index (χ2v) is 18.1. The number of rotatable bonds is 8. The summed E-state index contributed by atoms with van der Waals surface area (Å²) in [6.07, 6.45) is 5.58. The van der Waals surface area contributed by atoms with Crippen LogP contribution in [0, 0.1) is 22.7 Å². The van der Waals surface area contributed by atoms with E-state index in [1.54, 1.807) is 5.06 Å². The number of esters is 1. The van der Waals surface area contributed by atoms with Gasteiger partial charge in [-0.3, -0.25) is 14.4 Å². The van der Waals surface area contributed by atoms with Gasteiger partial charge in [-0.15, -0.1) is 0 Å². The van der Waals surface area contributed by atoms with Gasteiger partial charge in [0, 0.05) is 24.1 Å². The SMILES string of the molecule is CC1(C)C[C@@H]2C(=Cc3ccc(CN4O[C@@H]5[C@H]6OC(c7ccccc7)(c7ccccc7)O[C@H]6[C@H]6C[C@]5(C(=O)NCCO)[C@@H]4C(=O)O6)cc3)CCC3O[C@]3(C)CC[C@H]21. The van der Waals surface area contributed by atoms with E-state index < -0.39 is 47.6 Å². The summed E-state index contributed by atoms with van der Waals surface area (Å²) in [6, 6.07) is 26.9. The highest BCUT2D eigenvalue weighted by Crippen LogP contribution is 2.61. The lowest BCUT2D eigenvalue weighted by Gasteiger charge is -2.53. The number of carbonyl (C=O) groups is 2. The molecule has 10 heteroatoms. The molecule has 0 aromatic heterocycles. The minimum Gasteiger partial charge on any atom is -0.458 e. The first-order valence-corrected chi connectivity index (χ1v) is 20.5. The summed E-state index contributed by atoms with van der Waals surface area (Å²) < 4.78 is 26.4. The highest BCUT2D eigenvalue weighted by Gasteiger charge is 2.76. The number of fused-ring (bicyclic) bond motifs is 6. The monoisotopic (exact) mass is 760 g/mol. The number of aliphatic hydroxyl groups is 1. The summed E-state index contributed by atoms with van der Waals surface area (Å²) in [5.41, 5.74) is 4.25. The Morgan fingerprint density at radius 3 is 2.27 bits per heavy atom. The predicted molar refractivity (Wildman–Crippen MR) is 206 cm³/mol. The zero-order valence-electron chi connectivity index (χ0n) is 32.4. The van der Waals surface area contributed by atoms with Gasteiger partial charge in [0.2, 0.25) is 11.7 Å². The van der Waals surface area contributed by atoms with E-state index in [0.29, 0.717) is 23.4 Å². The zero-order valence-corrected chi connectivity index (χ0v) is 32.4. The summed E-state index contributed by atoms with van der Waals surface area (Å²) in [5, 5.41) is 14.2. The van der Waals surface area contributed by atoms with E-state index in [1.165, 1.54) is 18.4 Å². The summed E-state index contributed by atoms with van der Waals surface area (Å²) in [5.74, 6) is -0.945. The average molecular weight is 761 g/mol. The number of hydrogen-bond donors (Lipinski definition) is 2. The fraction of sp³-hybridized carbons (Fsp3) is 0.522. The van der Waals surface area contributed by atoms with Crippen LogP contribution in [0.25, 0.3) is 6.08 Å². The molecule has 10 rings (SSSR count). The maximum atomic E-state index is 14.4. The molecule has 7 fully saturated rings. The number of benzene rings is 3. The topological polar surface area (TPSA) is 119 Å². The van der Waals surface area contributed by atoms with Crippen LogP contribution >= 0.6 is 0 Å². The molecule has 0 spiro atoms. The van der Waals surface area contributed by atoms with Crippen molar-refractivity contribution in [2.24, 2.45) is 22.7 Å². The van der Waals surface area contributed by atoms with Crippen molar-refractivity contribution in [2.75, 3.05) is 13.2 Å². The number of hydroxylamine groups is 2. The average Bonchev–Trinajstić information content (AvgIpc) is 3.48. The molecule has 4 saturated heterocycles. The lowest BCUT2D eigenvalue weighted by atomic mass is 9.52. The van der Waals surface area contributed by atoms with Crippen LogP contribution in [-0.2, 0) is 45.7 Å². The van der Waals surface area contributed by atoms with E-state index in [4.69, 9.17) is 23.8 Å². The minimum absolute atomic E-state index is 0.0478. The summed E-state index contributed by atoms with van der Waals surface area (Å²) in [7, 11) is 0. The number of epoxide rings is 1. The standard InChI is InChI=1S/C46H52N2O8/c1-43(2)25-33-30(18-19-36-44(3,53-36)21-20-34(33)43)24-28-14-16-29(17-15-28)27-48-39-41(50)52-35-26-45(39,42(51)47-22-23-49)40(56-48)38-37(35)54-46(55-38,31-10-6-4-7-11-31)32-12-8-5-9-13-32/h4-17,24,33-40,49H,18-23,25-27H2,1-3H3,(H,47,51)/t33-,34-,35-,36?,37+,38+,39+,40-,44-,45+/m1/s1. The fourth-order valence-electron chi connectivity index (χ4n) is 11.3. The van der Waals surface area contributed by atoms with Gasteiger partial charge in [-0.05, 0) is 67.4 Å². The fourth-order valence-corrected chi connectivity index (χ4v) is 11.3. The number of ether oxygens (including phenoxy) is 4. The lowest BCUT2D eigenvalue weighted by molar-refractivity contribution is -0.213. The van der Waals surface area contributed by atoms with Crippen LogP contribution in [0.5, 0.6) is 0 Å². The number of hydrogen-bond acceptors (Lipinski definition) is 9. The molecule has 7 aliphatic rings. The first kappa shape index (κ1) is 36.4. The molecule has 2 N–H and O–H groups in total. The van der Waals surface area contributed by atoms with Crippen LogP contribution in [0.15, 0.2) is 90.5 Å². The van der Waals surface area contributed by atoms with Gasteiger partial charge in [0.1, 0.15) is 29.8 Å². The lowest BCUT2D eigenvalue weighted by Crippen LogP contribution is -2.69. The molecule has 3 aromatic carbocycles. The molecule has 10 atom stereocenters. The van der Waals surface area contributed by atoms with E-state index in [0.717, 1.165) is 41.5 Å². The predicted octanol–water partition coefficient (Wildman–Crippen LogP) is 6.06. The van der Waals surface area contributed by atoms with Crippen molar-refractivity contribution in [1.82, 2.24) is 10.4 Å². The first-order valence-electron chi connectivity index (χ1n) is 20.5. The second kappa shape index (κ2) is 13.3. The summed E-state index contributed by atoms with van der Waals surface area (Å²) in [6.45, 7) is 7.19. The van der Waals surface area contributed by atoms with Crippen molar-refractivity contribution in [1.29, 1.82) is 0 Å². The molecule has 2 bridgehead atoms. The molecular weight excluding hydrogens is 709 g/mol.